The predicted octanol–water partition coefficient (Wildman–Crippen LogP) is 4.11. The van der Waals surface area contributed by atoms with Crippen LogP contribution < -0.4 is 24.4 Å². The van der Waals surface area contributed by atoms with Gasteiger partial charge >= 0.3 is 0 Å². The number of methoxy groups -OCH3 is 3. The summed E-state index contributed by atoms with van der Waals surface area (Å²) in [6.07, 6.45) is 1.65. The first-order valence-electron chi connectivity index (χ1n) is 9.20. The molecular weight excluding hydrogens is 370 g/mol. The van der Waals surface area contributed by atoms with Crippen molar-refractivity contribution in [2.75, 3.05) is 38.1 Å². The van der Waals surface area contributed by atoms with Crippen molar-refractivity contribution in [3.8, 4) is 17.2 Å². The van der Waals surface area contributed by atoms with Gasteiger partial charge in [0.2, 0.25) is 11.7 Å². The number of ether oxygens (including phenoxy) is 3. The maximum atomic E-state index is 5.40. The standard InChI is InChI=1S/C21H25N5O3/c1-6-26(16-9-7-8-14(2)10-16)19-13-22-25-21(24-19)23-15-11-17(27-3)20(29-5)18(12-15)28-4/h7-13H,6H2,1-5H3,(H,23,24,25). The fourth-order valence-corrected chi connectivity index (χ4v) is 3.03. The maximum Gasteiger partial charge on any atom is 0.249 e. The highest BCUT2D eigenvalue weighted by Crippen LogP contribution is 2.40. The first-order chi connectivity index (χ1) is 14.1. The van der Waals surface area contributed by atoms with Crippen LogP contribution in [0.5, 0.6) is 17.2 Å². The highest BCUT2D eigenvalue weighted by atomic mass is 16.5. The molecule has 3 aromatic rings. The molecule has 1 N–H and O–H groups in total. The Hall–Kier alpha value is -3.55. The van der Waals surface area contributed by atoms with Gasteiger partial charge in [0.05, 0.1) is 27.5 Å². The number of nitrogens with zero attached hydrogens (tertiary/aromatic N) is 4. The van der Waals surface area contributed by atoms with E-state index in [1.54, 1.807) is 39.7 Å². The Kier molecular flexibility index (Phi) is 6.33. The summed E-state index contributed by atoms with van der Waals surface area (Å²) in [5, 5.41) is 11.4. The van der Waals surface area contributed by atoms with E-state index in [0.29, 0.717) is 34.7 Å². The van der Waals surface area contributed by atoms with E-state index in [1.165, 1.54) is 5.56 Å². The molecule has 0 aliphatic carbocycles. The Balaban J connectivity index is 1.92. The lowest BCUT2D eigenvalue weighted by Gasteiger charge is -2.22. The van der Waals surface area contributed by atoms with E-state index in [1.807, 2.05) is 12.1 Å². The fraction of sp³-hybridized carbons (Fsp3) is 0.286. The van der Waals surface area contributed by atoms with Crippen molar-refractivity contribution < 1.29 is 14.2 Å². The van der Waals surface area contributed by atoms with E-state index in [0.717, 1.165) is 12.2 Å². The van der Waals surface area contributed by atoms with Gasteiger partial charge in [-0.3, -0.25) is 0 Å². The minimum atomic E-state index is 0.364. The van der Waals surface area contributed by atoms with E-state index in [-0.39, 0.29) is 0 Å². The first kappa shape index (κ1) is 20.2. The van der Waals surface area contributed by atoms with Gasteiger partial charge < -0.3 is 24.4 Å². The quantitative estimate of drug-likeness (QED) is 0.610. The zero-order valence-electron chi connectivity index (χ0n) is 17.3. The number of hydrogen-bond donors (Lipinski definition) is 1. The second-order valence-electron chi connectivity index (χ2n) is 6.26. The Bertz CT molecular complexity index is 955. The molecule has 29 heavy (non-hydrogen) atoms. The number of aryl methyl sites for hydroxylation is 1. The lowest BCUT2D eigenvalue weighted by Crippen LogP contribution is -2.18. The van der Waals surface area contributed by atoms with Crippen LogP contribution in [0.15, 0.2) is 42.6 Å². The van der Waals surface area contributed by atoms with Gasteiger partial charge in [0.15, 0.2) is 17.3 Å². The number of nitrogens with one attached hydrogen (secondary N) is 1. The van der Waals surface area contributed by atoms with Crippen LogP contribution in [0.4, 0.5) is 23.1 Å². The summed E-state index contributed by atoms with van der Waals surface area (Å²) in [6.45, 7) is 4.87. The van der Waals surface area contributed by atoms with Crippen molar-refractivity contribution in [2.24, 2.45) is 0 Å². The van der Waals surface area contributed by atoms with Gasteiger partial charge in [0.25, 0.3) is 0 Å². The fourth-order valence-electron chi connectivity index (χ4n) is 3.03. The maximum absolute atomic E-state index is 5.40. The third-order valence-electron chi connectivity index (χ3n) is 4.37. The molecule has 0 saturated carbocycles. The van der Waals surface area contributed by atoms with Crippen LogP contribution in [0, 0.1) is 6.92 Å². The number of hydrogen-bond acceptors (Lipinski definition) is 8. The van der Waals surface area contributed by atoms with Gasteiger partial charge in [-0.1, -0.05) is 12.1 Å². The Labute approximate surface area is 170 Å². The molecule has 0 aliphatic rings. The second kappa shape index (κ2) is 9.09. The third kappa shape index (κ3) is 4.48. The van der Waals surface area contributed by atoms with Crippen LogP contribution in [0.25, 0.3) is 0 Å². The molecule has 1 heterocycles. The normalized spacial score (nSPS) is 10.4. The van der Waals surface area contributed by atoms with Gasteiger partial charge in [-0.05, 0) is 31.5 Å². The molecule has 8 nitrogen and oxygen atoms in total. The number of rotatable bonds is 8. The highest BCUT2D eigenvalue weighted by Gasteiger charge is 2.15. The van der Waals surface area contributed by atoms with Gasteiger partial charge in [-0.2, -0.15) is 10.1 Å². The summed E-state index contributed by atoms with van der Waals surface area (Å²) >= 11 is 0. The monoisotopic (exact) mass is 395 g/mol. The number of anilines is 4. The molecule has 0 aliphatic heterocycles. The highest BCUT2D eigenvalue weighted by molar-refractivity contribution is 5.67. The zero-order valence-corrected chi connectivity index (χ0v) is 17.3. The average Bonchev–Trinajstić information content (AvgIpc) is 2.74. The minimum absolute atomic E-state index is 0.364. The number of aromatic nitrogens is 3. The molecule has 0 bridgehead atoms. The molecule has 0 unspecified atom stereocenters. The molecule has 152 valence electrons. The van der Waals surface area contributed by atoms with Crippen LogP contribution in [-0.2, 0) is 0 Å². The van der Waals surface area contributed by atoms with E-state index < -0.39 is 0 Å². The molecule has 3 rings (SSSR count). The Morgan fingerprint density at radius 3 is 2.31 bits per heavy atom. The summed E-state index contributed by atoms with van der Waals surface area (Å²) in [7, 11) is 4.70. The summed E-state index contributed by atoms with van der Waals surface area (Å²) in [5.74, 6) is 2.65. The van der Waals surface area contributed by atoms with Gasteiger partial charge in [-0.15, -0.1) is 5.10 Å². The molecule has 0 radical (unpaired) electrons. The van der Waals surface area contributed by atoms with Gasteiger partial charge in [0.1, 0.15) is 0 Å². The molecule has 0 spiro atoms. The molecular formula is C21H25N5O3. The summed E-state index contributed by atoms with van der Waals surface area (Å²) in [4.78, 5) is 6.70. The number of benzene rings is 2. The predicted molar refractivity (Wildman–Crippen MR) is 113 cm³/mol. The Morgan fingerprint density at radius 2 is 1.72 bits per heavy atom. The minimum Gasteiger partial charge on any atom is -0.493 e. The van der Waals surface area contributed by atoms with Crippen molar-refractivity contribution in [1.29, 1.82) is 0 Å². The molecule has 8 heteroatoms. The van der Waals surface area contributed by atoms with Crippen LogP contribution in [0.2, 0.25) is 0 Å². The SMILES string of the molecule is CCN(c1cccc(C)c1)c1cnnc(Nc2cc(OC)c(OC)c(OC)c2)n1. The summed E-state index contributed by atoms with van der Waals surface area (Å²) in [6, 6.07) is 11.8. The van der Waals surface area contributed by atoms with E-state index in [2.05, 4.69) is 51.4 Å². The van der Waals surface area contributed by atoms with E-state index >= 15 is 0 Å². The van der Waals surface area contributed by atoms with Crippen LogP contribution >= 0.6 is 0 Å². The molecule has 0 fully saturated rings. The zero-order chi connectivity index (χ0) is 20.8. The summed E-state index contributed by atoms with van der Waals surface area (Å²) in [5.41, 5.74) is 2.92. The largest absolute Gasteiger partial charge is 0.493 e. The molecule has 0 amide bonds. The lowest BCUT2D eigenvalue weighted by atomic mass is 10.2. The van der Waals surface area contributed by atoms with Crippen molar-refractivity contribution >= 4 is 23.1 Å². The first-order valence-corrected chi connectivity index (χ1v) is 9.20. The lowest BCUT2D eigenvalue weighted by molar-refractivity contribution is 0.324. The topological polar surface area (TPSA) is 81.6 Å². The van der Waals surface area contributed by atoms with E-state index in [4.69, 9.17) is 14.2 Å². The van der Waals surface area contributed by atoms with Gasteiger partial charge in [-0.25, -0.2) is 0 Å². The third-order valence-corrected chi connectivity index (χ3v) is 4.37. The molecule has 0 atom stereocenters. The summed E-state index contributed by atoms with van der Waals surface area (Å²) < 4.78 is 16.2. The second-order valence-corrected chi connectivity index (χ2v) is 6.26. The van der Waals surface area contributed by atoms with Crippen LogP contribution in [0.3, 0.4) is 0 Å². The molecule has 1 aromatic heterocycles. The van der Waals surface area contributed by atoms with Crippen molar-refractivity contribution in [3.63, 3.8) is 0 Å². The molecule has 0 saturated heterocycles. The van der Waals surface area contributed by atoms with Gasteiger partial charge in [0, 0.05) is 30.1 Å². The van der Waals surface area contributed by atoms with Crippen molar-refractivity contribution in [3.05, 3.63) is 48.2 Å². The van der Waals surface area contributed by atoms with Crippen molar-refractivity contribution in [2.45, 2.75) is 13.8 Å². The average molecular weight is 395 g/mol. The van der Waals surface area contributed by atoms with E-state index in [9.17, 15) is 0 Å². The van der Waals surface area contributed by atoms with Crippen LogP contribution in [-0.4, -0.2) is 43.1 Å². The molecule has 2 aromatic carbocycles. The smallest absolute Gasteiger partial charge is 0.249 e. The Morgan fingerprint density at radius 1 is 1.00 bits per heavy atom. The van der Waals surface area contributed by atoms with Crippen LogP contribution in [0.1, 0.15) is 12.5 Å². The van der Waals surface area contributed by atoms with Crippen molar-refractivity contribution in [1.82, 2.24) is 15.2 Å².